The maximum atomic E-state index is 3.80. The highest BCUT2D eigenvalue weighted by molar-refractivity contribution is 5.44. The molecule has 2 nitrogen and oxygen atoms in total. The molecule has 0 aliphatic heterocycles. The van der Waals surface area contributed by atoms with Crippen LogP contribution in [0.4, 0.5) is 0 Å². The van der Waals surface area contributed by atoms with Crippen LogP contribution in [0.25, 0.3) is 6.08 Å². The van der Waals surface area contributed by atoms with Crippen LogP contribution in [0.15, 0.2) is 25.9 Å². The van der Waals surface area contributed by atoms with Crippen LogP contribution in [-0.2, 0) is 0 Å². The van der Waals surface area contributed by atoms with Gasteiger partial charge in [-0.1, -0.05) is 20.4 Å². The van der Waals surface area contributed by atoms with Crippen LogP contribution in [0.1, 0.15) is 25.1 Å². The lowest BCUT2D eigenvalue weighted by atomic mass is 10.3. The van der Waals surface area contributed by atoms with Crippen LogP contribution in [-0.4, -0.2) is 10.2 Å². The molecule has 0 aliphatic carbocycles. The van der Waals surface area contributed by atoms with E-state index >= 15 is 0 Å². The molecule has 0 saturated heterocycles. The average Bonchev–Trinajstić information content (AvgIpc) is 2.58. The number of nitrogens with one attached hydrogen (secondary N) is 1. The number of aromatic amines is 1. The van der Waals surface area contributed by atoms with E-state index in [0.717, 1.165) is 11.3 Å². The quantitative estimate of drug-likeness (QED) is 0.638. The van der Waals surface area contributed by atoms with Gasteiger partial charge in [-0.3, -0.25) is 5.10 Å². The van der Waals surface area contributed by atoms with Gasteiger partial charge in [0.05, 0.1) is 11.9 Å². The molecule has 2 heteroatoms. The van der Waals surface area contributed by atoms with Gasteiger partial charge in [-0.2, -0.15) is 5.10 Å². The highest BCUT2D eigenvalue weighted by Crippen LogP contribution is 2.01. The molecule has 0 unspecified atom stereocenters. The van der Waals surface area contributed by atoms with Gasteiger partial charge in [0.25, 0.3) is 0 Å². The minimum Gasteiger partial charge on any atom is -0.278 e. The molecule has 1 rings (SSSR count). The van der Waals surface area contributed by atoms with Gasteiger partial charge in [0, 0.05) is 0 Å². The lowest BCUT2D eigenvalue weighted by Gasteiger charge is -1.81. The molecule has 0 atom stereocenters. The Bertz CT molecular complexity index is 201. The third-order valence-corrected chi connectivity index (χ3v) is 1.07. The Kier molecular flexibility index (Phi) is 10.7. The van der Waals surface area contributed by atoms with Crippen molar-refractivity contribution in [3.63, 3.8) is 0 Å². The molecule has 0 radical (unpaired) electrons. The van der Waals surface area contributed by atoms with Crippen LogP contribution in [0.3, 0.4) is 0 Å². The van der Waals surface area contributed by atoms with Crippen LogP contribution in [0.2, 0.25) is 0 Å². The molecular weight excluding hydrogens is 148 g/mol. The SMILES string of the molecule is C=C.C=Cc1[nH]ncc1C.CC. The second kappa shape index (κ2) is 9.69. The molecule has 0 spiro atoms. The van der Waals surface area contributed by atoms with Crippen LogP contribution in [0.5, 0.6) is 0 Å². The summed E-state index contributed by atoms with van der Waals surface area (Å²) in [6, 6.07) is 0. The molecule has 12 heavy (non-hydrogen) atoms. The molecule has 1 aromatic heterocycles. The van der Waals surface area contributed by atoms with E-state index in [4.69, 9.17) is 0 Å². The summed E-state index contributed by atoms with van der Waals surface area (Å²) >= 11 is 0. The van der Waals surface area contributed by atoms with Crippen molar-refractivity contribution in [3.8, 4) is 0 Å². The molecule has 1 N–H and O–H groups in total. The second-order valence-electron chi connectivity index (χ2n) is 1.67. The summed E-state index contributed by atoms with van der Waals surface area (Å²) in [7, 11) is 0. The molecule has 68 valence electrons. The summed E-state index contributed by atoms with van der Waals surface area (Å²) in [6.07, 6.45) is 3.53. The smallest absolute Gasteiger partial charge is 0.0601 e. The van der Waals surface area contributed by atoms with E-state index in [0.29, 0.717) is 0 Å². The van der Waals surface area contributed by atoms with Crippen LogP contribution < -0.4 is 0 Å². The zero-order chi connectivity index (χ0) is 9.98. The van der Waals surface area contributed by atoms with Gasteiger partial charge in [0.1, 0.15) is 0 Å². The second-order valence-corrected chi connectivity index (χ2v) is 1.67. The maximum Gasteiger partial charge on any atom is 0.0601 e. The van der Waals surface area contributed by atoms with Gasteiger partial charge < -0.3 is 0 Å². The normalized spacial score (nSPS) is 6.92. The summed E-state index contributed by atoms with van der Waals surface area (Å²) in [5.41, 5.74) is 2.14. The summed E-state index contributed by atoms with van der Waals surface area (Å²) in [5, 5.41) is 6.58. The largest absolute Gasteiger partial charge is 0.278 e. The van der Waals surface area contributed by atoms with Gasteiger partial charge in [-0.25, -0.2) is 0 Å². The number of H-pyrrole nitrogens is 1. The van der Waals surface area contributed by atoms with Gasteiger partial charge in [0.2, 0.25) is 0 Å². The Labute approximate surface area is 75.0 Å². The molecular formula is C10H18N2. The van der Waals surface area contributed by atoms with Gasteiger partial charge in [-0.15, -0.1) is 13.2 Å². The van der Waals surface area contributed by atoms with Crippen molar-refractivity contribution in [3.05, 3.63) is 37.2 Å². The Hall–Kier alpha value is -1.31. The Morgan fingerprint density at radius 1 is 1.42 bits per heavy atom. The van der Waals surface area contributed by atoms with E-state index in [-0.39, 0.29) is 0 Å². The zero-order valence-corrected chi connectivity index (χ0v) is 8.22. The number of hydrogen-bond acceptors (Lipinski definition) is 1. The highest BCUT2D eigenvalue weighted by atomic mass is 15.1. The number of hydrogen-bond donors (Lipinski definition) is 1. The van der Waals surface area contributed by atoms with Crippen molar-refractivity contribution >= 4 is 6.08 Å². The summed E-state index contributed by atoms with van der Waals surface area (Å²) in [5.74, 6) is 0. The number of aryl methyl sites for hydroxylation is 1. The van der Waals surface area contributed by atoms with Crippen molar-refractivity contribution in [2.24, 2.45) is 0 Å². The van der Waals surface area contributed by atoms with Crippen molar-refractivity contribution < 1.29 is 0 Å². The molecule has 0 amide bonds. The molecule has 0 saturated carbocycles. The monoisotopic (exact) mass is 166 g/mol. The average molecular weight is 166 g/mol. The molecule has 1 heterocycles. The number of aromatic nitrogens is 2. The van der Waals surface area contributed by atoms with Crippen molar-refractivity contribution in [2.45, 2.75) is 20.8 Å². The summed E-state index contributed by atoms with van der Waals surface area (Å²) < 4.78 is 0. The molecule has 0 fully saturated rings. The first-order valence-corrected chi connectivity index (χ1v) is 3.97. The van der Waals surface area contributed by atoms with E-state index in [9.17, 15) is 0 Å². The first-order valence-electron chi connectivity index (χ1n) is 3.97. The fraction of sp³-hybridized carbons (Fsp3) is 0.300. The Balaban J connectivity index is 0. The van der Waals surface area contributed by atoms with Crippen molar-refractivity contribution in [1.29, 1.82) is 0 Å². The first kappa shape index (κ1) is 13.3. The fourth-order valence-corrected chi connectivity index (χ4v) is 0.563. The maximum absolute atomic E-state index is 3.80. The van der Waals surface area contributed by atoms with E-state index in [1.807, 2.05) is 20.8 Å². The van der Waals surface area contributed by atoms with Gasteiger partial charge >= 0.3 is 0 Å². The lowest BCUT2D eigenvalue weighted by molar-refractivity contribution is 1.08. The zero-order valence-electron chi connectivity index (χ0n) is 8.22. The number of nitrogens with zero attached hydrogens (tertiary/aromatic N) is 1. The van der Waals surface area contributed by atoms with E-state index in [1.165, 1.54) is 0 Å². The van der Waals surface area contributed by atoms with E-state index in [2.05, 4.69) is 29.9 Å². The third kappa shape index (κ3) is 4.50. The minimum absolute atomic E-state index is 1.00. The minimum atomic E-state index is 1.00. The van der Waals surface area contributed by atoms with Crippen LogP contribution in [0, 0.1) is 6.92 Å². The highest BCUT2D eigenvalue weighted by Gasteiger charge is 1.90. The molecule has 1 aromatic rings. The standard InChI is InChI=1S/C6H8N2.C2H6.C2H4/c1-3-6-5(2)4-7-8-6;2*1-2/h3-4H,1H2,2H3,(H,7,8);1-2H3;1-2H2. The van der Waals surface area contributed by atoms with Crippen molar-refractivity contribution in [2.75, 3.05) is 0 Å². The summed E-state index contributed by atoms with van der Waals surface area (Å²) in [6.45, 7) is 15.6. The third-order valence-electron chi connectivity index (χ3n) is 1.07. The topological polar surface area (TPSA) is 28.7 Å². The van der Waals surface area contributed by atoms with Crippen LogP contribution >= 0.6 is 0 Å². The van der Waals surface area contributed by atoms with Gasteiger partial charge in [-0.05, 0) is 18.6 Å². The fourth-order valence-electron chi connectivity index (χ4n) is 0.563. The predicted octanol–water partition coefficient (Wildman–Crippen LogP) is 3.19. The molecule has 0 bridgehead atoms. The Morgan fingerprint density at radius 3 is 2.08 bits per heavy atom. The first-order chi connectivity index (χ1) is 5.84. The van der Waals surface area contributed by atoms with Gasteiger partial charge in [0.15, 0.2) is 0 Å². The predicted molar refractivity (Wildman–Crippen MR) is 56.0 cm³/mol. The Morgan fingerprint density at radius 2 is 1.92 bits per heavy atom. The molecule has 0 aromatic carbocycles. The van der Waals surface area contributed by atoms with E-state index < -0.39 is 0 Å². The van der Waals surface area contributed by atoms with E-state index in [1.54, 1.807) is 12.3 Å². The molecule has 0 aliphatic rings. The number of rotatable bonds is 1. The summed E-state index contributed by atoms with van der Waals surface area (Å²) in [4.78, 5) is 0. The lowest BCUT2D eigenvalue weighted by Crippen LogP contribution is -1.71. The van der Waals surface area contributed by atoms with Crippen molar-refractivity contribution in [1.82, 2.24) is 10.2 Å².